The topological polar surface area (TPSA) is 221 Å². The highest BCUT2D eigenvalue weighted by molar-refractivity contribution is 7.99. The zero-order chi connectivity index (χ0) is 34.4. The lowest BCUT2D eigenvalue weighted by Crippen LogP contribution is -2.58. The van der Waals surface area contributed by atoms with Crippen LogP contribution >= 0.6 is 11.8 Å². The number of carbonyl (C=O) groups excluding carboxylic acids is 6. The number of aliphatic hydroxyl groups is 1. The van der Waals surface area contributed by atoms with Gasteiger partial charge in [-0.15, -0.1) is 0 Å². The van der Waals surface area contributed by atoms with Crippen LogP contribution in [0.2, 0.25) is 0 Å². The molecule has 0 bridgehead atoms. The average Bonchev–Trinajstić information content (AvgIpc) is 3.30. The van der Waals surface area contributed by atoms with Crippen LogP contribution in [0.25, 0.3) is 0 Å². The summed E-state index contributed by atoms with van der Waals surface area (Å²) in [6.45, 7) is 1.05. The van der Waals surface area contributed by atoms with Crippen LogP contribution in [0.15, 0.2) is 24.3 Å². The van der Waals surface area contributed by atoms with Crippen molar-refractivity contribution in [2.75, 3.05) is 38.3 Å². The van der Waals surface area contributed by atoms with Gasteiger partial charge in [0.2, 0.25) is 23.6 Å². The highest BCUT2D eigenvalue weighted by Crippen LogP contribution is 2.41. The van der Waals surface area contributed by atoms with Crippen molar-refractivity contribution in [1.29, 1.82) is 0 Å². The van der Waals surface area contributed by atoms with Crippen LogP contribution in [-0.2, 0) is 30.5 Å². The first-order valence-electron chi connectivity index (χ1n) is 15.9. The molecule has 3 atom stereocenters. The van der Waals surface area contributed by atoms with Gasteiger partial charge in [-0.3, -0.25) is 19.2 Å². The molecule has 47 heavy (non-hydrogen) atoms. The van der Waals surface area contributed by atoms with Gasteiger partial charge in [0, 0.05) is 38.8 Å². The van der Waals surface area contributed by atoms with Gasteiger partial charge in [0.05, 0.1) is 5.25 Å². The number of rotatable bonds is 18. The van der Waals surface area contributed by atoms with Gasteiger partial charge in [0.15, 0.2) is 0 Å². The highest BCUT2D eigenvalue weighted by atomic mass is 32.2. The van der Waals surface area contributed by atoms with Crippen LogP contribution in [0.5, 0.6) is 0 Å². The minimum Gasteiger partial charge on any atom is -0.445 e. The summed E-state index contributed by atoms with van der Waals surface area (Å²) in [5.41, 5.74) is 5.02. The fraction of sp³-hybridized carbons (Fsp3) is 0.613. The second-order valence-corrected chi connectivity index (χ2v) is 12.7. The molecule has 0 spiro atoms. The number of carbonyl (C=O) groups is 6. The first-order valence-corrected chi connectivity index (χ1v) is 17.2. The van der Waals surface area contributed by atoms with Crippen molar-refractivity contribution in [2.45, 2.75) is 81.9 Å². The van der Waals surface area contributed by atoms with Gasteiger partial charge >= 0.3 is 12.1 Å². The molecule has 15 nitrogen and oxygen atoms in total. The number of unbranched alkanes of at least 4 members (excludes halogenated alkanes) is 2. The van der Waals surface area contributed by atoms with E-state index in [1.807, 2.05) is 6.26 Å². The quantitative estimate of drug-likeness (QED) is 0.0874. The molecular formula is C31H47N7O8S. The lowest BCUT2D eigenvalue weighted by molar-refractivity contribution is -0.150. The molecule has 1 aromatic rings. The summed E-state index contributed by atoms with van der Waals surface area (Å²) in [6.07, 6.45) is 4.92. The Morgan fingerprint density at radius 1 is 1.04 bits per heavy atom. The van der Waals surface area contributed by atoms with E-state index >= 15 is 0 Å². The van der Waals surface area contributed by atoms with Crippen LogP contribution in [0.3, 0.4) is 0 Å². The third-order valence-electron chi connectivity index (χ3n) is 8.45. The third-order valence-corrected chi connectivity index (χ3v) is 9.41. The number of hydrogen-bond donors (Lipinski definition) is 7. The van der Waals surface area contributed by atoms with E-state index in [4.69, 9.17) is 10.5 Å². The third kappa shape index (κ3) is 10.7. The van der Waals surface area contributed by atoms with Crippen LogP contribution in [0.1, 0.15) is 63.4 Å². The number of thioether (sulfide) groups is 1. The largest absolute Gasteiger partial charge is 0.445 e. The first-order chi connectivity index (χ1) is 22.5. The molecule has 1 aliphatic carbocycles. The first kappa shape index (κ1) is 37.4. The van der Waals surface area contributed by atoms with Crippen molar-refractivity contribution in [3.05, 3.63) is 29.8 Å². The molecule has 0 aromatic heterocycles. The molecule has 1 aromatic carbocycles. The van der Waals surface area contributed by atoms with E-state index in [1.165, 1.54) is 23.7 Å². The van der Waals surface area contributed by atoms with E-state index < -0.39 is 47.5 Å². The number of amides is 7. The summed E-state index contributed by atoms with van der Waals surface area (Å²) in [5, 5.41) is 23.2. The molecule has 1 saturated carbocycles. The van der Waals surface area contributed by atoms with Crippen molar-refractivity contribution in [3.8, 4) is 0 Å². The molecule has 16 heteroatoms. The van der Waals surface area contributed by atoms with E-state index in [1.54, 1.807) is 24.3 Å². The van der Waals surface area contributed by atoms with Crippen LogP contribution in [-0.4, -0.2) is 96.2 Å². The van der Waals surface area contributed by atoms with Crippen molar-refractivity contribution >= 4 is 53.2 Å². The number of likely N-dealkylation sites (tertiary alicyclic amines) is 1. The van der Waals surface area contributed by atoms with E-state index in [0.29, 0.717) is 69.3 Å². The van der Waals surface area contributed by atoms with Crippen molar-refractivity contribution in [2.24, 2.45) is 11.1 Å². The second kappa shape index (κ2) is 18.3. The zero-order valence-corrected chi connectivity index (χ0v) is 27.8. The number of benzene rings is 1. The molecule has 1 saturated heterocycles. The molecule has 1 heterocycles. The average molecular weight is 678 g/mol. The van der Waals surface area contributed by atoms with Crippen molar-refractivity contribution in [3.63, 3.8) is 0 Å². The molecular weight excluding hydrogens is 630 g/mol. The molecule has 8 N–H and O–H groups in total. The smallest absolute Gasteiger partial charge is 0.407 e. The molecule has 2 fully saturated rings. The Morgan fingerprint density at radius 2 is 1.74 bits per heavy atom. The Balaban J connectivity index is 1.52. The van der Waals surface area contributed by atoms with E-state index in [2.05, 4.69) is 26.6 Å². The summed E-state index contributed by atoms with van der Waals surface area (Å²) in [4.78, 5) is 76.3. The van der Waals surface area contributed by atoms with Crippen LogP contribution in [0.4, 0.5) is 15.3 Å². The Hall–Kier alpha value is -4.05. The lowest BCUT2D eigenvalue weighted by atomic mass is 9.67. The molecule has 3 unspecified atom stereocenters. The maximum absolute atomic E-state index is 13.5. The number of nitrogens with zero attached hydrogens (tertiary/aromatic N) is 1. The van der Waals surface area contributed by atoms with Gasteiger partial charge < -0.3 is 47.1 Å². The maximum Gasteiger partial charge on any atom is 0.407 e. The molecule has 1 aliphatic heterocycles. The monoisotopic (exact) mass is 677 g/mol. The summed E-state index contributed by atoms with van der Waals surface area (Å²) >= 11 is 1.44. The summed E-state index contributed by atoms with van der Waals surface area (Å²) in [6, 6.07) is 4.96. The molecule has 2 aliphatic rings. The summed E-state index contributed by atoms with van der Waals surface area (Å²) < 4.78 is 5.02. The summed E-state index contributed by atoms with van der Waals surface area (Å²) in [5.74, 6) is -1.46. The standard InChI is InChI=1S/C31H47N7O8S/c1-33-30(45)46-19-20-9-11-21(12-10-20)36-25(40)22(8-6-16-35-29(32)44)37-28(43)31(13-7-14-31)27(42)34-15-4-3-5-17-38-24(39)18-23(47-2)26(38)41/h9-12,22-24,39H,3-8,13-19H2,1-2H3,(H,33,45)(H,34,42)(H,36,40)(H,37,43)(H3,32,35,44). The SMILES string of the molecule is CNC(=O)OCc1ccc(NC(=O)C(CCCNC(N)=O)NC(=O)C2(C(=O)NCCCCCN3C(=O)C(SC)CC3O)CCC2)cc1. The Bertz CT molecular complexity index is 1260. The van der Waals surface area contributed by atoms with E-state index in [9.17, 15) is 33.9 Å². The number of alkyl carbamates (subject to hydrolysis) is 1. The lowest BCUT2D eigenvalue weighted by Gasteiger charge is -2.39. The molecule has 260 valence electrons. The van der Waals surface area contributed by atoms with Crippen molar-refractivity contribution in [1.82, 2.24) is 26.2 Å². The number of hydrogen-bond acceptors (Lipinski definition) is 9. The number of nitrogens with one attached hydrogen (secondary N) is 5. The number of aliphatic hydroxyl groups excluding tert-OH is 1. The number of anilines is 1. The van der Waals surface area contributed by atoms with Crippen molar-refractivity contribution < 1.29 is 38.6 Å². The zero-order valence-electron chi connectivity index (χ0n) is 27.0. The Kier molecular flexibility index (Phi) is 14.6. The highest BCUT2D eigenvalue weighted by Gasteiger charge is 2.51. The summed E-state index contributed by atoms with van der Waals surface area (Å²) in [7, 11) is 1.46. The normalized spacial score (nSPS) is 18.8. The van der Waals surface area contributed by atoms with Gasteiger partial charge in [0.25, 0.3) is 0 Å². The predicted octanol–water partition coefficient (Wildman–Crippen LogP) is 1.15. The molecule has 7 amide bonds. The number of nitrogens with two attached hydrogens (primary N) is 1. The predicted molar refractivity (Wildman–Crippen MR) is 176 cm³/mol. The number of urea groups is 1. The minimum atomic E-state index is -1.28. The van der Waals surface area contributed by atoms with Gasteiger partial charge in [0.1, 0.15) is 24.3 Å². The van der Waals surface area contributed by atoms with Crippen LogP contribution in [0, 0.1) is 5.41 Å². The van der Waals surface area contributed by atoms with Crippen LogP contribution < -0.4 is 32.3 Å². The molecule has 3 rings (SSSR count). The second-order valence-electron chi connectivity index (χ2n) is 11.7. The van der Waals surface area contributed by atoms with E-state index in [-0.39, 0.29) is 30.7 Å². The van der Waals surface area contributed by atoms with Gasteiger partial charge in [-0.05, 0) is 68.9 Å². The van der Waals surface area contributed by atoms with Gasteiger partial charge in [-0.25, -0.2) is 9.59 Å². The minimum absolute atomic E-state index is 0.0464. The molecule has 0 radical (unpaired) electrons. The fourth-order valence-corrected chi connectivity index (χ4v) is 6.17. The number of primary amides is 1. The van der Waals surface area contributed by atoms with Gasteiger partial charge in [-0.2, -0.15) is 11.8 Å². The van der Waals surface area contributed by atoms with Gasteiger partial charge in [-0.1, -0.05) is 18.6 Å². The maximum atomic E-state index is 13.5. The number of ether oxygens (including phenoxy) is 1. The Labute approximate surface area is 278 Å². The van der Waals surface area contributed by atoms with E-state index in [0.717, 1.165) is 6.42 Å². The fourth-order valence-electron chi connectivity index (χ4n) is 5.47. The Morgan fingerprint density at radius 3 is 2.34 bits per heavy atom.